The normalized spacial score (nSPS) is 16.6. The van der Waals surface area contributed by atoms with Gasteiger partial charge in [-0.15, -0.1) is 0 Å². The number of anilines is 1. The topological polar surface area (TPSA) is 70.5 Å². The fraction of sp³-hybridized carbons (Fsp3) is 0.133. The SMILES string of the molecule is O=C(O)C1CN(C(=O)c2ccc(F)nc2)c2ccccc21. The molecule has 106 valence electrons. The number of carbonyl (C=O) groups excluding carboxylic acids is 1. The second-order valence-electron chi connectivity index (χ2n) is 4.73. The Balaban J connectivity index is 1.98. The molecule has 5 nitrogen and oxygen atoms in total. The molecule has 0 aliphatic carbocycles. The van der Waals surface area contributed by atoms with E-state index in [0.717, 1.165) is 12.3 Å². The van der Waals surface area contributed by atoms with Gasteiger partial charge in [-0.05, 0) is 23.8 Å². The lowest BCUT2D eigenvalue weighted by molar-refractivity contribution is -0.138. The van der Waals surface area contributed by atoms with Crippen LogP contribution in [0.2, 0.25) is 0 Å². The molecule has 0 saturated carbocycles. The zero-order valence-corrected chi connectivity index (χ0v) is 10.9. The minimum atomic E-state index is -0.977. The van der Waals surface area contributed by atoms with Crippen molar-refractivity contribution in [2.24, 2.45) is 0 Å². The van der Waals surface area contributed by atoms with E-state index in [4.69, 9.17) is 0 Å². The maximum Gasteiger partial charge on any atom is 0.312 e. The molecule has 1 aliphatic rings. The van der Waals surface area contributed by atoms with Gasteiger partial charge in [0.05, 0.1) is 5.56 Å². The molecule has 0 spiro atoms. The van der Waals surface area contributed by atoms with E-state index in [-0.39, 0.29) is 12.1 Å². The van der Waals surface area contributed by atoms with E-state index >= 15 is 0 Å². The Morgan fingerprint density at radius 2 is 2.00 bits per heavy atom. The van der Waals surface area contributed by atoms with E-state index in [0.29, 0.717) is 11.3 Å². The lowest BCUT2D eigenvalue weighted by Crippen LogP contribution is -2.31. The molecule has 1 atom stereocenters. The van der Waals surface area contributed by atoms with Gasteiger partial charge in [0.2, 0.25) is 5.95 Å². The third kappa shape index (κ3) is 2.24. The Bertz CT molecular complexity index is 715. The highest BCUT2D eigenvalue weighted by Gasteiger charge is 2.36. The first-order chi connectivity index (χ1) is 10.1. The summed E-state index contributed by atoms with van der Waals surface area (Å²) < 4.78 is 12.8. The highest BCUT2D eigenvalue weighted by molar-refractivity contribution is 6.08. The summed E-state index contributed by atoms with van der Waals surface area (Å²) in [5.41, 5.74) is 1.39. The van der Waals surface area contributed by atoms with Crippen molar-refractivity contribution in [2.45, 2.75) is 5.92 Å². The maximum atomic E-state index is 12.8. The first kappa shape index (κ1) is 13.2. The number of benzene rings is 1. The Morgan fingerprint density at radius 3 is 2.67 bits per heavy atom. The van der Waals surface area contributed by atoms with Crippen molar-refractivity contribution in [3.05, 3.63) is 59.7 Å². The zero-order chi connectivity index (χ0) is 15.0. The van der Waals surface area contributed by atoms with Gasteiger partial charge >= 0.3 is 5.97 Å². The Kier molecular flexibility index (Phi) is 3.13. The second-order valence-corrected chi connectivity index (χ2v) is 4.73. The third-order valence-corrected chi connectivity index (χ3v) is 3.49. The van der Waals surface area contributed by atoms with Crippen molar-refractivity contribution >= 4 is 17.6 Å². The summed E-state index contributed by atoms with van der Waals surface area (Å²) in [6.45, 7) is 0.0604. The van der Waals surface area contributed by atoms with Gasteiger partial charge in [-0.2, -0.15) is 4.39 Å². The van der Waals surface area contributed by atoms with Crippen LogP contribution in [-0.2, 0) is 4.79 Å². The van der Waals surface area contributed by atoms with Crippen LogP contribution >= 0.6 is 0 Å². The average molecular weight is 286 g/mol. The predicted octanol–water partition coefficient (Wildman–Crippen LogP) is 2.05. The Labute approximate surface area is 119 Å². The minimum absolute atomic E-state index is 0.0604. The molecule has 1 aromatic heterocycles. The third-order valence-electron chi connectivity index (χ3n) is 3.49. The number of para-hydroxylation sites is 1. The summed E-state index contributed by atoms with van der Waals surface area (Å²) in [6.07, 6.45) is 1.15. The average Bonchev–Trinajstić information content (AvgIpc) is 2.87. The summed E-state index contributed by atoms with van der Waals surface area (Å²) in [7, 11) is 0. The molecule has 1 amide bonds. The standard InChI is InChI=1S/C15H11FN2O3/c16-13-6-5-9(7-17-13)14(19)18-8-11(15(20)21)10-3-1-2-4-12(10)18/h1-7,11H,8H2,(H,20,21). The van der Waals surface area contributed by atoms with Crippen molar-refractivity contribution in [3.63, 3.8) is 0 Å². The van der Waals surface area contributed by atoms with Crippen molar-refractivity contribution in [1.29, 1.82) is 0 Å². The lowest BCUT2D eigenvalue weighted by Gasteiger charge is -2.17. The number of aromatic nitrogens is 1. The van der Waals surface area contributed by atoms with Crippen LogP contribution < -0.4 is 4.90 Å². The highest BCUT2D eigenvalue weighted by atomic mass is 19.1. The van der Waals surface area contributed by atoms with Crippen LogP contribution in [-0.4, -0.2) is 28.5 Å². The number of amides is 1. The summed E-state index contributed by atoms with van der Waals surface area (Å²) in [6, 6.07) is 9.32. The van der Waals surface area contributed by atoms with Gasteiger partial charge in [-0.3, -0.25) is 9.59 Å². The molecule has 6 heteroatoms. The van der Waals surface area contributed by atoms with Gasteiger partial charge in [0.15, 0.2) is 0 Å². The van der Waals surface area contributed by atoms with Crippen LogP contribution in [0.1, 0.15) is 21.8 Å². The zero-order valence-electron chi connectivity index (χ0n) is 10.9. The van der Waals surface area contributed by atoms with Crippen LogP contribution in [0.3, 0.4) is 0 Å². The number of carbonyl (C=O) groups is 2. The van der Waals surface area contributed by atoms with Crippen LogP contribution in [0.4, 0.5) is 10.1 Å². The second kappa shape index (κ2) is 4.97. The van der Waals surface area contributed by atoms with Gasteiger partial charge in [-0.25, -0.2) is 4.98 Å². The number of aliphatic carboxylic acids is 1. The maximum absolute atomic E-state index is 12.8. The number of carboxylic acids is 1. The van der Waals surface area contributed by atoms with Crippen molar-refractivity contribution in [2.75, 3.05) is 11.4 Å². The van der Waals surface area contributed by atoms with Gasteiger partial charge < -0.3 is 10.0 Å². The lowest BCUT2D eigenvalue weighted by atomic mass is 10.0. The molecule has 21 heavy (non-hydrogen) atoms. The molecular formula is C15H11FN2O3. The molecule has 0 radical (unpaired) electrons. The van der Waals surface area contributed by atoms with Crippen molar-refractivity contribution in [3.8, 4) is 0 Å². The number of fused-ring (bicyclic) bond motifs is 1. The molecule has 1 aliphatic heterocycles. The molecule has 1 aromatic carbocycles. The largest absolute Gasteiger partial charge is 0.481 e. The van der Waals surface area contributed by atoms with E-state index in [2.05, 4.69) is 4.98 Å². The Morgan fingerprint density at radius 1 is 1.24 bits per heavy atom. The minimum Gasteiger partial charge on any atom is -0.481 e. The number of hydrogen-bond acceptors (Lipinski definition) is 3. The van der Waals surface area contributed by atoms with Gasteiger partial charge in [0, 0.05) is 18.4 Å². The molecule has 2 heterocycles. The van der Waals surface area contributed by atoms with E-state index in [9.17, 15) is 19.1 Å². The molecule has 2 aromatic rings. The van der Waals surface area contributed by atoms with Crippen LogP contribution in [0.15, 0.2) is 42.6 Å². The molecule has 3 rings (SSSR count). The number of pyridine rings is 1. The fourth-order valence-corrected chi connectivity index (χ4v) is 2.47. The first-order valence-corrected chi connectivity index (χ1v) is 6.33. The summed E-state index contributed by atoms with van der Waals surface area (Å²) in [5.74, 6) is -2.79. The van der Waals surface area contributed by atoms with Crippen molar-refractivity contribution < 1.29 is 19.1 Å². The van der Waals surface area contributed by atoms with Crippen LogP contribution in [0.5, 0.6) is 0 Å². The summed E-state index contributed by atoms with van der Waals surface area (Å²) in [5, 5.41) is 9.27. The molecule has 1 unspecified atom stereocenters. The molecule has 0 saturated heterocycles. The number of nitrogens with zero attached hydrogens (tertiary/aromatic N) is 2. The van der Waals surface area contributed by atoms with Crippen LogP contribution in [0.25, 0.3) is 0 Å². The highest BCUT2D eigenvalue weighted by Crippen LogP contribution is 2.36. The fourth-order valence-electron chi connectivity index (χ4n) is 2.47. The van der Waals surface area contributed by atoms with Crippen LogP contribution in [0, 0.1) is 5.95 Å². The predicted molar refractivity (Wildman–Crippen MR) is 72.7 cm³/mol. The van der Waals surface area contributed by atoms with E-state index < -0.39 is 23.7 Å². The smallest absolute Gasteiger partial charge is 0.312 e. The van der Waals surface area contributed by atoms with E-state index in [1.807, 2.05) is 0 Å². The quantitative estimate of drug-likeness (QED) is 0.858. The monoisotopic (exact) mass is 286 g/mol. The number of halogens is 1. The van der Waals surface area contributed by atoms with E-state index in [1.165, 1.54) is 11.0 Å². The first-order valence-electron chi connectivity index (χ1n) is 6.33. The summed E-state index contributed by atoms with van der Waals surface area (Å²) in [4.78, 5) is 28.6. The molecule has 0 bridgehead atoms. The van der Waals surface area contributed by atoms with Gasteiger partial charge in [-0.1, -0.05) is 18.2 Å². The van der Waals surface area contributed by atoms with E-state index in [1.54, 1.807) is 24.3 Å². The number of hydrogen-bond donors (Lipinski definition) is 1. The number of rotatable bonds is 2. The molecule has 0 fully saturated rings. The summed E-state index contributed by atoms with van der Waals surface area (Å²) >= 11 is 0. The van der Waals surface area contributed by atoms with Gasteiger partial charge in [0.1, 0.15) is 5.92 Å². The van der Waals surface area contributed by atoms with Crippen molar-refractivity contribution in [1.82, 2.24) is 4.98 Å². The molecule has 1 N–H and O–H groups in total. The number of carboxylic acid groups (broad SMARTS) is 1. The van der Waals surface area contributed by atoms with Gasteiger partial charge in [0.25, 0.3) is 5.91 Å². The molecular weight excluding hydrogens is 275 g/mol. The Hall–Kier alpha value is -2.76.